The van der Waals surface area contributed by atoms with Crippen LogP contribution in [-0.4, -0.2) is 34.9 Å². The summed E-state index contributed by atoms with van der Waals surface area (Å²) in [4.78, 5) is 12.8. The molecule has 2 aromatic carbocycles. The van der Waals surface area contributed by atoms with Gasteiger partial charge in [-0.25, -0.2) is 0 Å². The zero-order valence-electron chi connectivity index (χ0n) is 16.3. The minimum Gasteiger partial charge on any atom is -0.486 e. The lowest BCUT2D eigenvalue weighted by atomic mass is 10.1. The molecule has 2 heterocycles. The van der Waals surface area contributed by atoms with E-state index in [1.807, 2.05) is 67.1 Å². The van der Waals surface area contributed by atoms with E-state index in [1.54, 1.807) is 0 Å². The number of aryl methyl sites for hydroxylation is 1. The van der Waals surface area contributed by atoms with E-state index in [1.165, 1.54) is 0 Å². The summed E-state index contributed by atoms with van der Waals surface area (Å²) in [6, 6.07) is 15.1. The zero-order chi connectivity index (χ0) is 20.4. The smallest absolute Gasteiger partial charge is 0.255 e. The van der Waals surface area contributed by atoms with Gasteiger partial charge in [0.1, 0.15) is 12.7 Å². The van der Waals surface area contributed by atoms with Crippen LogP contribution < -0.4 is 14.8 Å². The number of hydrogen-bond acceptors (Lipinski definition) is 4. The highest BCUT2D eigenvalue weighted by atomic mass is 35.5. The Hall–Kier alpha value is -2.99. The lowest BCUT2D eigenvalue weighted by Crippen LogP contribution is -2.41. The van der Waals surface area contributed by atoms with Gasteiger partial charge in [-0.2, -0.15) is 5.10 Å². The first kappa shape index (κ1) is 19.3. The van der Waals surface area contributed by atoms with Gasteiger partial charge in [0.05, 0.1) is 24.3 Å². The normalized spacial score (nSPS) is 15.2. The molecule has 29 heavy (non-hydrogen) atoms. The molecule has 0 radical (unpaired) electrons. The number of carbonyl (C=O) groups excluding carboxylic acids is 1. The van der Waals surface area contributed by atoms with Crippen LogP contribution in [0.4, 0.5) is 0 Å². The molecule has 1 atom stereocenters. The maximum absolute atomic E-state index is 12.8. The van der Waals surface area contributed by atoms with Crippen LogP contribution in [0.1, 0.15) is 27.3 Å². The molecular formula is C22H22ClN3O3. The van der Waals surface area contributed by atoms with Gasteiger partial charge in [-0.1, -0.05) is 41.9 Å². The molecule has 6 nitrogen and oxygen atoms in total. The molecule has 1 aliphatic heterocycles. The Balaban J connectivity index is 1.43. The van der Waals surface area contributed by atoms with Crippen molar-refractivity contribution >= 4 is 17.5 Å². The molecule has 0 spiro atoms. The molecule has 1 N–H and O–H groups in total. The molecule has 1 amide bonds. The first-order chi connectivity index (χ1) is 14.0. The lowest BCUT2D eigenvalue weighted by Gasteiger charge is -2.26. The van der Waals surface area contributed by atoms with Gasteiger partial charge in [-0.15, -0.1) is 0 Å². The zero-order valence-corrected chi connectivity index (χ0v) is 17.1. The Kier molecular flexibility index (Phi) is 5.45. The van der Waals surface area contributed by atoms with Crippen LogP contribution in [0, 0.1) is 13.8 Å². The van der Waals surface area contributed by atoms with E-state index in [9.17, 15) is 4.79 Å². The van der Waals surface area contributed by atoms with E-state index in [-0.39, 0.29) is 12.0 Å². The number of halogens is 1. The number of aromatic nitrogens is 2. The third kappa shape index (κ3) is 4.07. The van der Waals surface area contributed by atoms with E-state index in [2.05, 4.69) is 10.4 Å². The number of rotatable bonds is 5. The van der Waals surface area contributed by atoms with Crippen molar-refractivity contribution in [3.05, 3.63) is 76.1 Å². The average molecular weight is 412 g/mol. The van der Waals surface area contributed by atoms with Gasteiger partial charge in [0.25, 0.3) is 5.91 Å². The van der Waals surface area contributed by atoms with Crippen molar-refractivity contribution in [1.29, 1.82) is 0 Å². The van der Waals surface area contributed by atoms with Gasteiger partial charge in [0.15, 0.2) is 11.5 Å². The van der Waals surface area contributed by atoms with Crippen LogP contribution in [0.3, 0.4) is 0 Å². The number of nitrogens with one attached hydrogen (secondary N) is 1. The van der Waals surface area contributed by atoms with Crippen molar-refractivity contribution in [2.45, 2.75) is 26.5 Å². The van der Waals surface area contributed by atoms with Gasteiger partial charge in [0, 0.05) is 10.7 Å². The second-order valence-electron chi connectivity index (χ2n) is 7.00. The van der Waals surface area contributed by atoms with Crippen molar-refractivity contribution in [3.63, 3.8) is 0 Å². The number of para-hydroxylation sites is 2. The Bertz CT molecular complexity index is 1050. The van der Waals surface area contributed by atoms with Gasteiger partial charge in [0.2, 0.25) is 0 Å². The Labute approximate surface area is 174 Å². The Morgan fingerprint density at radius 3 is 2.69 bits per heavy atom. The highest BCUT2D eigenvalue weighted by Gasteiger charge is 2.23. The number of nitrogens with zero attached hydrogens (tertiary/aromatic N) is 2. The Morgan fingerprint density at radius 1 is 1.17 bits per heavy atom. The Morgan fingerprint density at radius 2 is 1.90 bits per heavy atom. The number of ether oxygens (including phenoxy) is 2. The van der Waals surface area contributed by atoms with Gasteiger partial charge in [-0.3, -0.25) is 9.48 Å². The first-order valence-electron chi connectivity index (χ1n) is 9.47. The standard InChI is InChI=1S/C22H22ClN3O3/c1-14-21(15(2)26(25-14)12-16-7-3-4-8-18(16)23)22(27)24-11-17-13-28-19-9-5-6-10-20(19)29-17/h3-10,17H,11-13H2,1-2H3,(H,24,27). The summed E-state index contributed by atoms with van der Waals surface area (Å²) in [6.45, 7) is 4.97. The fraction of sp³-hybridized carbons (Fsp3) is 0.273. The first-order valence-corrected chi connectivity index (χ1v) is 9.85. The highest BCUT2D eigenvalue weighted by Crippen LogP contribution is 2.30. The minimum absolute atomic E-state index is 0.173. The minimum atomic E-state index is -0.243. The molecule has 0 aliphatic carbocycles. The van der Waals surface area contributed by atoms with Crippen molar-refractivity contribution in [3.8, 4) is 11.5 Å². The third-order valence-corrected chi connectivity index (χ3v) is 5.31. The van der Waals surface area contributed by atoms with Crippen molar-refractivity contribution in [2.24, 2.45) is 0 Å². The molecule has 0 fully saturated rings. The molecule has 150 valence electrons. The lowest BCUT2D eigenvalue weighted by molar-refractivity contribution is 0.0788. The number of fused-ring (bicyclic) bond motifs is 1. The molecule has 1 aromatic heterocycles. The summed E-state index contributed by atoms with van der Waals surface area (Å²) in [5.74, 6) is 1.24. The van der Waals surface area contributed by atoms with Crippen LogP contribution in [0.15, 0.2) is 48.5 Å². The number of amides is 1. The molecule has 0 saturated carbocycles. The quantitative estimate of drug-likeness (QED) is 0.694. The summed E-state index contributed by atoms with van der Waals surface area (Å²) in [5, 5.41) is 8.16. The van der Waals surface area contributed by atoms with Gasteiger partial charge < -0.3 is 14.8 Å². The monoisotopic (exact) mass is 411 g/mol. The van der Waals surface area contributed by atoms with Crippen LogP contribution in [0.5, 0.6) is 11.5 Å². The molecule has 7 heteroatoms. The summed E-state index contributed by atoms with van der Waals surface area (Å²) >= 11 is 6.26. The molecule has 1 aliphatic rings. The van der Waals surface area contributed by atoms with Crippen LogP contribution in [-0.2, 0) is 6.54 Å². The molecule has 1 unspecified atom stereocenters. The summed E-state index contributed by atoms with van der Waals surface area (Å²) in [5.41, 5.74) is 3.01. The number of benzene rings is 2. The molecule has 3 aromatic rings. The summed E-state index contributed by atoms with van der Waals surface area (Å²) in [7, 11) is 0. The second-order valence-corrected chi connectivity index (χ2v) is 7.41. The van der Waals surface area contributed by atoms with Crippen LogP contribution in [0.2, 0.25) is 5.02 Å². The molecule has 4 rings (SSSR count). The molecule has 0 saturated heterocycles. The predicted octanol–water partition coefficient (Wildman–Crippen LogP) is 3.77. The SMILES string of the molecule is Cc1nn(Cc2ccccc2Cl)c(C)c1C(=O)NCC1COc2ccccc2O1. The fourth-order valence-corrected chi connectivity index (χ4v) is 3.62. The van der Waals surface area contributed by atoms with Crippen molar-refractivity contribution in [1.82, 2.24) is 15.1 Å². The van der Waals surface area contributed by atoms with E-state index >= 15 is 0 Å². The van der Waals surface area contributed by atoms with Crippen molar-refractivity contribution < 1.29 is 14.3 Å². The van der Waals surface area contributed by atoms with E-state index in [0.717, 1.165) is 17.0 Å². The molecule has 0 bridgehead atoms. The van der Waals surface area contributed by atoms with E-state index < -0.39 is 0 Å². The van der Waals surface area contributed by atoms with E-state index in [0.29, 0.717) is 41.7 Å². The van der Waals surface area contributed by atoms with E-state index in [4.69, 9.17) is 21.1 Å². The predicted molar refractivity (Wildman–Crippen MR) is 111 cm³/mol. The second kappa shape index (κ2) is 8.17. The largest absolute Gasteiger partial charge is 0.486 e. The maximum Gasteiger partial charge on any atom is 0.255 e. The molecular weight excluding hydrogens is 390 g/mol. The topological polar surface area (TPSA) is 65.4 Å². The van der Waals surface area contributed by atoms with Gasteiger partial charge in [-0.05, 0) is 37.6 Å². The van der Waals surface area contributed by atoms with Crippen LogP contribution >= 0.6 is 11.6 Å². The van der Waals surface area contributed by atoms with Crippen molar-refractivity contribution in [2.75, 3.05) is 13.2 Å². The summed E-state index contributed by atoms with van der Waals surface area (Å²) in [6.07, 6.45) is -0.243. The average Bonchev–Trinajstić information content (AvgIpc) is 3.01. The highest BCUT2D eigenvalue weighted by molar-refractivity contribution is 6.31. The summed E-state index contributed by atoms with van der Waals surface area (Å²) < 4.78 is 13.4. The van der Waals surface area contributed by atoms with Gasteiger partial charge >= 0.3 is 0 Å². The maximum atomic E-state index is 12.8. The number of carbonyl (C=O) groups is 1. The fourth-order valence-electron chi connectivity index (χ4n) is 3.43. The number of hydrogen-bond donors (Lipinski definition) is 1. The van der Waals surface area contributed by atoms with Crippen LogP contribution in [0.25, 0.3) is 0 Å². The third-order valence-electron chi connectivity index (χ3n) is 4.94.